The van der Waals surface area contributed by atoms with E-state index in [0.717, 1.165) is 30.6 Å². The standard InChI is InChI=1S/C12H13NOS.ClH/c13-10-2-1-7-5-8-3-4-15-11(8)6-9(7)12(10)14;/h5-6,10H,1-4,13H2;1H. The van der Waals surface area contributed by atoms with E-state index in [9.17, 15) is 4.79 Å². The maximum absolute atomic E-state index is 11.9. The summed E-state index contributed by atoms with van der Waals surface area (Å²) in [7, 11) is 0. The van der Waals surface area contributed by atoms with Gasteiger partial charge in [0.1, 0.15) is 0 Å². The molecule has 1 aliphatic carbocycles. The van der Waals surface area contributed by atoms with Gasteiger partial charge in [-0.2, -0.15) is 0 Å². The van der Waals surface area contributed by atoms with Crippen molar-refractivity contribution >= 4 is 30.0 Å². The van der Waals surface area contributed by atoms with E-state index >= 15 is 0 Å². The first kappa shape index (κ1) is 12.0. The lowest BCUT2D eigenvalue weighted by Gasteiger charge is -2.21. The molecule has 16 heavy (non-hydrogen) atoms. The van der Waals surface area contributed by atoms with Crippen LogP contribution < -0.4 is 5.73 Å². The van der Waals surface area contributed by atoms with Crippen molar-refractivity contribution in [3.63, 3.8) is 0 Å². The van der Waals surface area contributed by atoms with Crippen molar-refractivity contribution in [1.82, 2.24) is 0 Å². The van der Waals surface area contributed by atoms with E-state index in [0.29, 0.717) is 0 Å². The fraction of sp³-hybridized carbons (Fsp3) is 0.417. The zero-order valence-corrected chi connectivity index (χ0v) is 10.5. The van der Waals surface area contributed by atoms with E-state index < -0.39 is 0 Å². The predicted molar refractivity (Wildman–Crippen MR) is 68.7 cm³/mol. The Kier molecular flexibility index (Phi) is 3.29. The molecular formula is C12H14ClNOS. The SMILES string of the molecule is Cl.NC1CCc2cc3c(cc2C1=O)SCC3. The Hall–Kier alpha value is -0.510. The Morgan fingerprint density at radius 2 is 2.06 bits per heavy atom. The number of fused-ring (bicyclic) bond motifs is 2. The molecule has 1 aromatic rings. The average Bonchev–Trinajstić information content (AvgIpc) is 2.68. The molecular weight excluding hydrogens is 242 g/mol. The number of carbonyl (C=O) groups excluding carboxylic acids is 1. The molecule has 1 atom stereocenters. The average molecular weight is 256 g/mol. The van der Waals surface area contributed by atoms with Gasteiger partial charge in [-0.3, -0.25) is 4.79 Å². The Bertz CT molecular complexity index is 447. The van der Waals surface area contributed by atoms with Gasteiger partial charge in [0.05, 0.1) is 6.04 Å². The molecule has 0 aromatic heterocycles. The molecule has 0 spiro atoms. The molecule has 4 heteroatoms. The largest absolute Gasteiger partial charge is 0.321 e. The van der Waals surface area contributed by atoms with Crippen LogP contribution in [0, 0.1) is 0 Å². The highest BCUT2D eigenvalue weighted by molar-refractivity contribution is 7.99. The smallest absolute Gasteiger partial charge is 0.179 e. The summed E-state index contributed by atoms with van der Waals surface area (Å²) in [4.78, 5) is 13.2. The van der Waals surface area contributed by atoms with Crippen LogP contribution in [0.3, 0.4) is 0 Å². The monoisotopic (exact) mass is 255 g/mol. The summed E-state index contributed by atoms with van der Waals surface area (Å²) in [5.74, 6) is 1.28. The first-order valence-corrected chi connectivity index (χ1v) is 6.32. The molecule has 2 aliphatic rings. The van der Waals surface area contributed by atoms with Crippen LogP contribution in [-0.2, 0) is 12.8 Å². The number of halogens is 1. The van der Waals surface area contributed by atoms with Crippen molar-refractivity contribution in [2.24, 2.45) is 5.73 Å². The predicted octanol–water partition coefficient (Wildman–Crippen LogP) is 2.21. The maximum atomic E-state index is 11.9. The molecule has 0 amide bonds. The number of thioether (sulfide) groups is 1. The summed E-state index contributed by atoms with van der Waals surface area (Å²) in [5, 5.41) is 0. The molecule has 86 valence electrons. The molecule has 1 unspecified atom stereocenters. The number of carbonyl (C=O) groups is 1. The van der Waals surface area contributed by atoms with Crippen LogP contribution in [0.4, 0.5) is 0 Å². The van der Waals surface area contributed by atoms with Gasteiger partial charge in [0, 0.05) is 16.2 Å². The van der Waals surface area contributed by atoms with Gasteiger partial charge < -0.3 is 5.73 Å². The highest BCUT2D eigenvalue weighted by atomic mass is 35.5. The van der Waals surface area contributed by atoms with Crippen molar-refractivity contribution < 1.29 is 4.79 Å². The molecule has 0 saturated heterocycles. The van der Waals surface area contributed by atoms with Gasteiger partial charge >= 0.3 is 0 Å². The van der Waals surface area contributed by atoms with Gasteiger partial charge in [-0.25, -0.2) is 0 Å². The molecule has 3 rings (SSSR count). The second kappa shape index (κ2) is 4.40. The number of hydrogen-bond donors (Lipinski definition) is 1. The van der Waals surface area contributed by atoms with Crippen LogP contribution in [-0.4, -0.2) is 17.6 Å². The summed E-state index contributed by atoms with van der Waals surface area (Å²) in [6.07, 6.45) is 2.91. The van der Waals surface area contributed by atoms with Crippen molar-refractivity contribution in [2.45, 2.75) is 30.2 Å². The fourth-order valence-corrected chi connectivity index (χ4v) is 3.44. The lowest BCUT2D eigenvalue weighted by molar-refractivity contribution is 0.0948. The second-order valence-electron chi connectivity index (χ2n) is 4.22. The fourth-order valence-electron chi connectivity index (χ4n) is 2.35. The van der Waals surface area contributed by atoms with Crippen LogP contribution in [0.2, 0.25) is 0 Å². The minimum Gasteiger partial charge on any atom is -0.321 e. The van der Waals surface area contributed by atoms with Crippen molar-refractivity contribution in [3.05, 3.63) is 28.8 Å². The number of benzene rings is 1. The first-order valence-electron chi connectivity index (χ1n) is 5.34. The molecule has 1 aliphatic heterocycles. The summed E-state index contributed by atoms with van der Waals surface area (Å²) < 4.78 is 0. The van der Waals surface area contributed by atoms with E-state index in [2.05, 4.69) is 12.1 Å². The lowest BCUT2D eigenvalue weighted by Crippen LogP contribution is -2.35. The summed E-state index contributed by atoms with van der Waals surface area (Å²) in [6.45, 7) is 0. The highest BCUT2D eigenvalue weighted by Gasteiger charge is 2.26. The Balaban J connectivity index is 0.000000963. The number of nitrogens with two attached hydrogens (primary N) is 1. The van der Waals surface area contributed by atoms with Gasteiger partial charge in [-0.1, -0.05) is 6.07 Å². The van der Waals surface area contributed by atoms with Crippen molar-refractivity contribution in [1.29, 1.82) is 0 Å². The van der Waals surface area contributed by atoms with Crippen LogP contribution in [0.15, 0.2) is 17.0 Å². The third-order valence-corrected chi connectivity index (χ3v) is 4.34. The van der Waals surface area contributed by atoms with Gasteiger partial charge in [-0.05, 0) is 36.5 Å². The number of aryl methyl sites for hydroxylation is 2. The molecule has 0 saturated carbocycles. The van der Waals surface area contributed by atoms with Crippen molar-refractivity contribution in [3.8, 4) is 0 Å². The normalized spacial score (nSPS) is 22.3. The van der Waals surface area contributed by atoms with Gasteiger partial charge in [0.15, 0.2) is 5.78 Å². The van der Waals surface area contributed by atoms with E-state index in [-0.39, 0.29) is 24.2 Å². The third-order valence-electron chi connectivity index (χ3n) is 3.24. The topological polar surface area (TPSA) is 43.1 Å². The zero-order valence-electron chi connectivity index (χ0n) is 8.86. The van der Waals surface area contributed by atoms with Gasteiger partial charge in [0.25, 0.3) is 0 Å². The van der Waals surface area contributed by atoms with Gasteiger partial charge in [-0.15, -0.1) is 24.2 Å². The molecule has 1 aromatic carbocycles. The highest BCUT2D eigenvalue weighted by Crippen LogP contribution is 2.35. The number of ketones is 1. The van der Waals surface area contributed by atoms with E-state index in [4.69, 9.17) is 5.73 Å². The van der Waals surface area contributed by atoms with Crippen LogP contribution in [0.1, 0.15) is 27.9 Å². The first-order chi connectivity index (χ1) is 7.25. The van der Waals surface area contributed by atoms with E-state index in [1.807, 2.05) is 11.8 Å². The van der Waals surface area contributed by atoms with Crippen LogP contribution >= 0.6 is 24.2 Å². The summed E-state index contributed by atoms with van der Waals surface area (Å²) >= 11 is 1.85. The number of hydrogen-bond acceptors (Lipinski definition) is 3. The Morgan fingerprint density at radius 1 is 1.25 bits per heavy atom. The third kappa shape index (κ3) is 1.77. The number of Topliss-reactive ketones (excluding diaryl/α,β-unsaturated/α-hetero) is 1. The van der Waals surface area contributed by atoms with E-state index in [1.165, 1.54) is 16.0 Å². The Morgan fingerprint density at radius 3 is 2.88 bits per heavy atom. The molecule has 2 nitrogen and oxygen atoms in total. The molecule has 0 bridgehead atoms. The van der Waals surface area contributed by atoms with Gasteiger partial charge in [0.2, 0.25) is 0 Å². The van der Waals surface area contributed by atoms with Crippen LogP contribution in [0.5, 0.6) is 0 Å². The Labute approximate surface area is 105 Å². The van der Waals surface area contributed by atoms with Crippen LogP contribution in [0.25, 0.3) is 0 Å². The summed E-state index contributed by atoms with van der Waals surface area (Å²) in [5.41, 5.74) is 9.29. The maximum Gasteiger partial charge on any atom is 0.179 e. The minimum absolute atomic E-state index is 0. The van der Waals surface area contributed by atoms with E-state index in [1.54, 1.807) is 0 Å². The van der Waals surface area contributed by atoms with Crippen molar-refractivity contribution in [2.75, 3.05) is 5.75 Å². The quantitative estimate of drug-likeness (QED) is 0.773. The minimum atomic E-state index is -0.276. The summed E-state index contributed by atoms with van der Waals surface area (Å²) in [6, 6.07) is 4.00. The molecule has 0 radical (unpaired) electrons. The molecule has 1 heterocycles. The molecule has 0 fully saturated rings. The lowest BCUT2D eigenvalue weighted by atomic mass is 9.86. The molecule has 2 N–H and O–H groups in total. The zero-order chi connectivity index (χ0) is 10.4. The number of rotatable bonds is 0. The second-order valence-corrected chi connectivity index (χ2v) is 5.36.